The number of aryl methyl sites for hydroxylation is 1. The molecule has 1 heterocycles. The Morgan fingerprint density at radius 2 is 2.36 bits per heavy atom. The minimum atomic E-state index is 0.216. The van der Waals surface area contributed by atoms with Crippen LogP contribution in [0.4, 0.5) is 0 Å². The molecule has 1 atom stereocenters. The molecule has 0 saturated heterocycles. The predicted octanol–water partition coefficient (Wildman–Crippen LogP) is 5.29. The minimum absolute atomic E-state index is 0.216. The lowest BCUT2D eigenvalue weighted by atomic mass is 9.82. The maximum absolute atomic E-state index is 6.41. The zero-order valence-electron chi connectivity index (χ0n) is 8.22. The highest BCUT2D eigenvalue weighted by Gasteiger charge is 2.23. The first-order valence-corrected chi connectivity index (χ1v) is 7.11. The summed E-state index contributed by atoms with van der Waals surface area (Å²) in [7, 11) is 0. The minimum Gasteiger partial charge on any atom is -0.143 e. The highest BCUT2D eigenvalue weighted by atomic mass is 79.9. The first-order valence-electron chi connectivity index (χ1n) is 5.06. The summed E-state index contributed by atoms with van der Waals surface area (Å²) in [4.78, 5) is 2.65. The first kappa shape index (κ1) is 11.0. The summed E-state index contributed by atoms with van der Waals surface area (Å²) in [6, 6.07) is 2.16. The van der Waals surface area contributed by atoms with Crippen LogP contribution in [0.3, 0.4) is 0 Å². The fourth-order valence-electron chi connectivity index (χ4n) is 1.84. The third-order valence-electron chi connectivity index (χ3n) is 2.89. The molecule has 1 saturated carbocycles. The van der Waals surface area contributed by atoms with Crippen molar-refractivity contribution in [3.63, 3.8) is 0 Å². The Bertz CT molecular complexity index is 317. The van der Waals surface area contributed by atoms with Crippen LogP contribution in [0.1, 0.15) is 40.8 Å². The molecule has 1 aliphatic carbocycles. The van der Waals surface area contributed by atoms with E-state index in [1.807, 2.05) is 11.3 Å². The second-order valence-corrected chi connectivity index (χ2v) is 6.74. The van der Waals surface area contributed by atoms with Crippen molar-refractivity contribution in [2.24, 2.45) is 5.92 Å². The summed E-state index contributed by atoms with van der Waals surface area (Å²) in [6.45, 7) is 2.13. The van der Waals surface area contributed by atoms with Crippen molar-refractivity contribution >= 4 is 38.9 Å². The lowest BCUT2D eigenvalue weighted by Crippen LogP contribution is -2.12. The number of hydrogen-bond donors (Lipinski definition) is 0. The van der Waals surface area contributed by atoms with Gasteiger partial charge >= 0.3 is 0 Å². The molecule has 1 aliphatic rings. The summed E-state index contributed by atoms with van der Waals surface area (Å²) < 4.78 is 1.19. The smallest absolute Gasteiger partial charge is 0.0692 e. The van der Waals surface area contributed by atoms with Crippen molar-refractivity contribution < 1.29 is 0 Å². The van der Waals surface area contributed by atoms with E-state index in [1.54, 1.807) is 0 Å². The molecule has 0 radical (unpaired) electrons. The molecule has 0 aliphatic heterocycles. The number of rotatable bonds is 3. The van der Waals surface area contributed by atoms with Gasteiger partial charge < -0.3 is 0 Å². The Hall–Kier alpha value is 0.470. The molecule has 0 aromatic carbocycles. The second kappa shape index (κ2) is 4.54. The largest absolute Gasteiger partial charge is 0.143 e. The van der Waals surface area contributed by atoms with E-state index in [4.69, 9.17) is 11.6 Å². The van der Waals surface area contributed by atoms with Crippen LogP contribution >= 0.6 is 38.9 Å². The van der Waals surface area contributed by atoms with Gasteiger partial charge in [0.2, 0.25) is 0 Å². The molecule has 3 heteroatoms. The third kappa shape index (κ3) is 2.34. The summed E-state index contributed by atoms with van der Waals surface area (Å²) in [5, 5.41) is 0.216. The van der Waals surface area contributed by atoms with Gasteiger partial charge in [-0.1, -0.05) is 19.3 Å². The van der Waals surface area contributed by atoms with Gasteiger partial charge in [0, 0.05) is 14.2 Å². The van der Waals surface area contributed by atoms with Gasteiger partial charge in [-0.05, 0) is 41.3 Å². The molecule has 78 valence electrons. The Morgan fingerprint density at radius 1 is 1.64 bits per heavy atom. The van der Waals surface area contributed by atoms with Crippen LogP contribution in [0.15, 0.2) is 10.5 Å². The van der Waals surface area contributed by atoms with Gasteiger partial charge in [-0.3, -0.25) is 0 Å². The van der Waals surface area contributed by atoms with Crippen molar-refractivity contribution in [2.75, 3.05) is 0 Å². The van der Waals surface area contributed by atoms with Crippen molar-refractivity contribution in [3.05, 3.63) is 20.3 Å². The summed E-state index contributed by atoms with van der Waals surface area (Å²) in [5.41, 5.74) is 0. The van der Waals surface area contributed by atoms with Crippen molar-refractivity contribution in [3.8, 4) is 0 Å². The topological polar surface area (TPSA) is 0 Å². The van der Waals surface area contributed by atoms with E-state index in [2.05, 4.69) is 28.9 Å². The molecule has 0 bridgehead atoms. The van der Waals surface area contributed by atoms with Gasteiger partial charge in [-0.15, -0.1) is 22.9 Å². The van der Waals surface area contributed by atoms with E-state index >= 15 is 0 Å². The van der Waals surface area contributed by atoms with Crippen LogP contribution in [0.2, 0.25) is 0 Å². The quantitative estimate of drug-likeness (QED) is 0.664. The monoisotopic (exact) mass is 292 g/mol. The van der Waals surface area contributed by atoms with Crippen LogP contribution in [0.25, 0.3) is 0 Å². The van der Waals surface area contributed by atoms with E-state index in [0.29, 0.717) is 0 Å². The van der Waals surface area contributed by atoms with Gasteiger partial charge in [0.15, 0.2) is 0 Å². The van der Waals surface area contributed by atoms with Crippen molar-refractivity contribution in [1.82, 2.24) is 0 Å². The Balaban J connectivity index is 2.02. The van der Waals surface area contributed by atoms with Gasteiger partial charge in [0.1, 0.15) is 0 Å². The lowest BCUT2D eigenvalue weighted by Gasteiger charge is -2.27. The van der Waals surface area contributed by atoms with Crippen molar-refractivity contribution in [2.45, 2.75) is 38.0 Å². The Labute approximate surface area is 103 Å². The maximum atomic E-state index is 6.41. The zero-order chi connectivity index (χ0) is 10.1. The fourth-order valence-corrected chi connectivity index (χ4v) is 4.40. The van der Waals surface area contributed by atoms with Gasteiger partial charge in [-0.2, -0.15) is 0 Å². The number of thiophene rings is 1. The van der Waals surface area contributed by atoms with Crippen LogP contribution < -0.4 is 0 Å². The second-order valence-electron chi connectivity index (χ2n) is 4.07. The zero-order valence-corrected chi connectivity index (χ0v) is 11.4. The third-order valence-corrected chi connectivity index (χ3v) is 5.49. The highest BCUT2D eigenvalue weighted by molar-refractivity contribution is 9.10. The normalized spacial score (nSPS) is 19.4. The molecule has 0 N–H and O–H groups in total. The fraction of sp³-hybridized carbons (Fsp3) is 0.636. The Morgan fingerprint density at radius 3 is 2.79 bits per heavy atom. The van der Waals surface area contributed by atoms with E-state index in [-0.39, 0.29) is 5.38 Å². The van der Waals surface area contributed by atoms with E-state index in [1.165, 1.54) is 33.5 Å². The first-order chi connectivity index (χ1) is 6.66. The van der Waals surface area contributed by atoms with Crippen LogP contribution in [0.5, 0.6) is 0 Å². The molecule has 1 aromatic heterocycles. The van der Waals surface area contributed by atoms with Crippen LogP contribution in [-0.4, -0.2) is 0 Å². The van der Waals surface area contributed by atoms with Gasteiger partial charge in [-0.25, -0.2) is 0 Å². The summed E-state index contributed by atoms with van der Waals surface area (Å²) in [5.74, 6) is 0.881. The van der Waals surface area contributed by atoms with Crippen LogP contribution in [0, 0.1) is 12.8 Å². The molecule has 14 heavy (non-hydrogen) atoms. The molecule has 2 rings (SSSR count). The standard InChI is InChI=1S/C11H14BrClS/c1-7-5-9(12)11(14-7)10(13)6-8-3-2-4-8/h5,8,10H,2-4,6H2,1H3. The Kier molecular flexibility index (Phi) is 3.56. The molecule has 1 unspecified atom stereocenters. The molecule has 1 fully saturated rings. The molecule has 0 amide bonds. The highest BCUT2D eigenvalue weighted by Crippen LogP contribution is 2.42. The van der Waals surface area contributed by atoms with E-state index in [9.17, 15) is 0 Å². The SMILES string of the molecule is Cc1cc(Br)c(C(Cl)CC2CCC2)s1. The molecular formula is C11H14BrClS. The lowest BCUT2D eigenvalue weighted by molar-refractivity contribution is 0.294. The van der Waals surface area contributed by atoms with Crippen molar-refractivity contribution in [1.29, 1.82) is 0 Å². The molecule has 0 spiro atoms. The average molecular weight is 294 g/mol. The number of alkyl halides is 1. The number of hydrogen-bond acceptors (Lipinski definition) is 1. The van der Waals surface area contributed by atoms with E-state index < -0.39 is 0 Å². The van der Waals surface area contributed by atoms with Gasteiger partial charge in [0.05, 0.1) is 5.38 Å². The average Bonchev–Trinajstić information content (AvgIpc) is 2.37. The summed E-state index contributed by atoms with van der Waals surface area (Å²) in [6.07, 6.45) is 5.31. The summed E-state index contributed by atoms with van der Waals surface area (Å²) >= 11 is 11.8. The van der Waals surface area contributed by atoms with Gasteiger partial charge in [0.25, 0.3) is 0 Å². The van der Waals surface area contributed by atoms with E-state index in [0.717, 1.165) is 12.3 Å². The predicted molar refractivity (Wildman–Crippen MR) is 67.3 cm³/mol. The molecule has 0 nitrogen and oxygen atoms in total. The van der Waals surface area contributed by atoms with Crippen LogP contribution in [-0.2, 0) is 0 Å². The maximum Gasteiger partial charge on any atom is 0.0692 e. The molecule has 1 aromatic rings. The number of halogens is 2. The molecular weight excluding hydrogens is 280 g/mol.